The highest BCUT2D eigenvalue weighted by Gasteiger charge is 2.46. The topological polar surface area (TPSA) is 35.5 Å². The quantitative estimate of drug-likeness (QED) is 0.580. The van der Waals surface area contributed by atoms with Crippen molar-refractivity contribution in [3.63, 3.8) is 0 Å². The number of ether oxygens (including phenoxy) is 2. The third-order valence-electron chi connectivity index (χ3n) is 6.37. The highest BCUT2D eigenvalue weighted by atomic mass is 16.5. The molecule has 1 atom stereocenters. The summed E-state index contributed by atoms with van der Waals surface area (Å²) in [6, 6.07) is 7.92. The minimum atomic E-state index is -0.369. The number of hydrogen-bond acceptors (Lipinski definition) is 3. The minimum Gasteiger partial charge on any atom is -0.497 e. The van der Waals surface area contributed by atoms with Crippen LogP contribution >= 0.6 is 0 Å². The zero-order chi connectivity index (χ0) is 20.4. The first-order valence-electron chi connectivity index (χ1n) is 9.54. The van der Waals surface area contributed by atoms with Crippen molar-refractivity contribution in [3.05, 3.63) is 58.2 Å². The molecular weight excluding hydrogens is 336 g/mol. The number of allylic oxidation sites excluding steroid dienone is 5. The Hall–Kier alpha value is -2.29. The highest BCUT2D eigenvalue weighted by Crippen LogP contribution is 2.52. The number of benzene rings is 1. The van der Waals surface area contributed by atoms with Gasteiger partial charge in [0, 0.05) is 5.41 Å². The van der Waals surface area contributed by atoms with Crippen LogP contribution < -0.4 is 4.74 Å². The Morgan fingerprint density at radius 3 is 2.04 bits per heavy atom. The van der Waals surface area contributed by atoms with Gasteiger partial charge >= 0.3 is 5.97 Å². The van der Waals surface area contributed by atoms with E-state index < -0.39 is 0 Å². The lowest BCUT2D eigenvalue weighted by molar-refractivity contribution is -0.148. The van der Waals surface area contributed by atoms with Crippen LogP contribution in [0.3, 0.4) is 0 Å². The molecule has 0 spiro atoms. The Morgan fingerprint density at radius 1 is 1.07 bits per heavy atom. The predicted octanol–water partition coefficient (Wildman–Crippen LogP) is 5.97. The maximum atomic E-state index is 13.0. The summed E-state index contributed by atoms with van der Waals surface area (Å²) in [7, 11) is 1.66. The van der Waals surface area contributed by atoms with Crippen molar-refractivity contribution in [1.82, 2.24) is 0 Å². The number of methoxy groups -OCH3 is 1. The van der Waals surface area contributed by atoms with Gasteiger partial charge in [-0.1, -0.05) is 36.3 Å². The van der Waals surface area contributed by atoms with Gasteiger partial charge in [0.2, 0.25) is 0 Å². The Morgan fingerprint density at radius 2 is 1.59 bits per heavy atom. The highest BCUT2D eigenvalue weighted by molar-refractivity contribution is 5.81. The molecule has 2 rings (SSSR count). The minimum absolute atomic E-state index is 0.172. The van der Waals surface area contributed by atoms with Crippen LogP contribution in [0.4, 0.5) is 0 Å². The molecule has 0 heterocycles. The molecule has 0 saturated carbocycles. The fraction of sp³-hybridized carbons (Fsp3) is 0.458. The molecule has 0 amide bonds. The molecule has 3 heteroatoms. The Balaban J connectivity index is 2.54. The fourth-order valence-electron chi connectivity index (χ4n) is 3.99. The SMILES string of the molecule is CCOC(=O)C(/C=C(\C)c1ccc(OC)cc1)C1(C)C(C)=C(C)C(C)=C1C. The van der Waals surface area contributed by atoms with Crippen molar-refractivity contribution in [2.45, 2.75) is 48.5 Å². The lowest BCUT2D eigenvalue weighted by atomic mass is 9.68. The van der Waals surface area contributed by atoms with Crippen molar-refractivity contribution in [1.29, 1.82) is 0 Å². The van der Waals surface area contributed by atoms with Crippen LogP contribution in [-0.2, 0) is 9.53 Å². The molecule has 0 fully saturated rings. The Kier molecular flexibility index (Phi) is 6.35. The van der Waals surface area contributed by atoms with Crippen LogP contribution in [0.1, 0.15) is 54.0 Å². The zero-order valence-corrected chi connectivity index (χ0v) is 17.9. The van der Waals surface area contributed by atoms with Crippen molar-refractivity contribution >= 4 is 11.5 Å². The third kappa shape index (κ3) is 3.73. The molecule has 1 aromatic rings. The van der Waals surface area contributed by atoms with Gasteiger partial charge in [0.15, 0.2) is 0 Å². The second-order valence-electron chi connectivity index (χ2n) is 7.51. The summed E-state index contributed by atoms with van der Waals surface area (Å²) in [5.74, 6) is 0.279. The second kappa shape index (κ2) is 8.16. The maximum absolute atomic E-state index is 13.0. The predicted molar refractivity (Wildman–Crippen MR) is 112 cm³/mol. The number of rotatable bonds is 6. The molecule has 0 N–H and O–H groups in total. The van der Waals surface area contributed by atoms with Gasteiger partial charge in [-0.25, -0.2) is 0 Å². The summed E-state index contributed by atoms with van der Waals surface area (Å²) in [6.45, 7) is 15.0. The standard InChI is InChI=1S/C24H32O3/c1-9-27-23(25)22(24(7)18(5)16(3)17(4)19(24)6)14-15(2)20-10-12-21(26-8)13-11-20/h10-14,22H,9H2,1-8H3/b15-14+. The molecule has 146 valence electrons. The summed E-state index contributed by atoms with van der Waals surface area (Å²) in [5.41, 5.74) is 6.81. The average Bonchev–Trinajstić information content (AvgIpc) is 2.82. The smallest absolute Gasteiger partial charge is 0.314 e. The molecule has 27 heavy (non-hydrogen) atoms. The average molecular weight is 369 g/mol. The van der Waals surface area contributed by atoms with E-state index in [-0.39, 0.29) is 17.3 Å². The summed E-state index contributed by atoms with van der Waals surface area (Å²) in [4.78, 5) is 13.0. The van der Waals surface area contributed by atoms with Gasteiger partial charge in [-0.05, 0) is 76.0 Å². The van der Waals surface area contributed by atoms with Crippen molar-refractivity contribution < 1.29 is 14.3 Å². The maximum Gasteiger partial charge on any atom is 0.314 e. The largest absolute Gasteiger partial charge is 0.497 e. The second-order valence-corrected chi connectivity index (χ2v) is 7.51. The third-order valence-corrected chi connectivity index (χ3v) is 6.37. The monoisotopic (exact) mass is 368 g/mol. The van der Waals surface area contributed by atoms with Crippen LogP contribution in [-0.4, -0.2) is 19.7 Å². The van der Waals surface area contributed by atoms with Gasteiger partial charge in [0.1, 0.15) is 5.75 Å². The van der Waals surface area contributed by atoms with Gasteiger partial charge < -0.3 is 9.47 Å². The van der Waals surface area contributed by atoms with Crippen LogP contribution in [0.15, 0.2) is 52.6 Å². The van der Waals surface area contributed by atoms with E-state index in [2.05, 4.69) is 40.7 Å². The van der Waals surface area contributed by atoms with Crippen molar-refractivity contribution in [2.24, 2.45) is 11.3 Å². The van der Waals surface area contributed by atoms with Crippen LogP contribution in [0.5, 0.6) is 5.75 Å². The van der Waals surface area contributed by atoms with Crippen molar-refractivity contribution in [2.75, 3.05) is 13.7 Å². The van der Waals surface area contributed by atoms with E-state index in [0.717, 1.165) is 16.9 Å². The van der Waals surface area contributed by atoms with Gasteiger partial charge in [-0.3, -0.25) is 4.79 Å². The zero-order valence-electron chi connectivity index (χ0n) is 17.9. The van der Waals surface area contributed by atoms with Gasteiger partial charge in [0.25, 0.3) is 0 Å². The first-order valence-corrected chi connectivity index (χ1v) is 9.54. The molecular formula is C24H32O3. The van der Waals surface area contributed by atoms with Gasteiger partial charge in [-0.15, -0.1) is 0 Å². The molecule has 0 radical (unpaired) electrons. The molecule has 1 aliphatic rings. The number of hydrogen-bond donors (Lipinski definition) is 0. The summed E-state index contributed by atoms with van der Waals surface area (Å²) >= 11 is 0. The molecule has 0 aromatic heterocycles. The molecule has 1 unspecified atom stereocenters. The normalized spacial score (nSPS) is 18.0. The van der Waals surface area contributed by atoms with Crippen LogP contribution in [0.2, 0.25) is 0 Å². The summed E-state index contributed by atoms with van der Waals surface area (Å²) in [5, 5.41) is 0. The lowest BCUT2D eigenvalue weighted by Crippen LogP contribution is -2.35. The molecule has 1 aromatic carbocycles. The number of esters is 1. The molecule has 0 bridgehead atoms. The Labute approximate surface area is 163 Å². The number of carbonyl (C=O) groups excluding carboxylic acids is 1. The molecule has 1 aliphatic carbocycles. The molecule has 0 saturated heterocycles. The summed E-state index contributed by atoms with van der Waals surface area (Å²) < 4.78 is 10.7. The van der Waals surface area contributed by atoms with Crippen molar-refractivity contribution in [3.8, 4) is 5.75 Å². The van der Waals surface area contributed by atoms with E-state index in [9.17, 15) is 4.79 Å². The molecule has 3 nitrogen and oxygen atoms in total. The van der Waals surface area contributed by atoms with E-state index in [1.807, 2.05) is 38.1 Å². The van der Waals surface area contributed by atoms with E-state index >= 15 is 0 Å². The van der Waals surface area contributed by atoms with Crippen LogP contribution in [0.25, 0.3) is 5.57 Å². The van der Waals surface area contributed by atoms with E-state index in [4.69, 9.17) is 9.47 Å². The first kappa shape index (κ1) is 21.0. The lowest BCUT2D eigenvalue weighted by Gasteiger charge is -2.35. The summed E-state index contributed by atoms with van der Waals surface area (Å²) in [6.07, 6.45) is 2.07. The van der Waals surface area contributed by atoms with E-state index in [1.54, 1.807) is 7.11 Å². The van der Waals surface area contributed by atoms with E-state index in [1.165, 1.54) is 22.3 Å². The fourth-order valence-corrected chi connectivity index (χ4v) is 3.99. The van der Waals surface area contributed by atoms with Gasteiger partial charge in [-0.2, -0.15) is 0 Å². The first-order chi connectivity index (χ1) is 12.7. The van der Waals surface area contributed by atoms with Gasteiger partial charge in [0.05, 0.1) is 19.6 Å². The van der Waals surface area contributed by atoms with E-state index in [0.29, 0.717) is 6.61 Å². The van der Waals surface area contributed by atoms with Crippen LogP contribution in [0, 0.1) is 11.3 Å². The Bertz CT molecular complexity index is 783. The molecule has 0 aliphatic heterocycles. The number of carbonyl (C=O) groups is 1.